The second-order valence-corrected chi connectivity index (χ2v) is 5.79. The highest BCUT2D eigenvalue weighted by molar-refractivity contribution is 7.15. The van der Waals surface area contributed by atoms with Crippen LogP contribution in [-0.4, -0.2) is 23.2 Å². The standard InChI is InChI=1S/C13H17N3OS/c1-2-10-5-6-11(18-10)13-15-12(16-17-13)9-4-3-7-14-8-9/h5-6,9,14H,2-4,7-8H2,1H3. The Hall–Kier alpha value is -1.20. The molecule has 5 heteroatoms. The fourth-order valence-electron chi connectivity index (χ4n) is 2.26. The van der Waals surface area contributed by atoms with E-state index in [-0.39, 0.29) is 0 Å². The average Bonchev–Trinajstić information content (AvgIpc) is 3.08. The van der Waals surface area contributed by atoms with Crippen molar-refractivity contribution >= 4 is 11.3 Å². The summed E-state index contributed by atoms with van der Waals surface area (Å²) in [4.78, 5) is 6.97. The number of aryl methyl sites for hydroxylation is 1. The molecule has 1 aliphatic heterocycles. The van der Waals surface area contributed by atoms with Gasteiger partial charge in [-0.1, -0.05) is 12.1 Å². The first-order valence-electron chi connectivity index (χ1n) is 6.50. The van der Waals surface area contributed by atoms with Crippen LogP contribution in [0.4, 0.5) is 0 Å². The molecule has 0 radical (unpaired) electrons. The Morgan fingerprint density at radius 1 is 1.50 bits per heavy atom. The topological polar surface area (TPSA) is 51.0 Å². The second kappa shape index (κ2) is 5.20. The van der Waals surface area contributed by atoms with E-state index in [1.165, 1.54) is 11.3 Å². The Morgan fingerprint density at radius 2 is 2.44 bits per heavy atom. The van der Waals surface area contributed by atoms with Gasteiger partial charge in [-0.05, 0) is 37.9 Å². The van der Waals surface area contributed by atoms with Gasteiger partial charge in [0.1, 0.15) is 0 Å². The molecule has 2 aromatic heterocycles. The number of thiophene rings is 1. The third kappa shape index (κ3) is 2.33. The van der Waals surface area contributed by atoms with Crippen molar-refractivity contribution in [1.82, 2.24) is 15.5 Å². The van der Waals surface area contributed by atoms with E-state index in [2.05, 4.69) is 34.5 Å². The third-order valence-corrected chi connectivity index (χ3v) is 4.54. The SMILES string of the molecule is CCc1ccc(-c2nc(C3CCCNC3)no2)s1. The highest BCUT2D eigenvalue weighted by atomic mass is 32.1. The van der Waals surface area contributed by atoms with Gasteiger partial charge < -0.3 is 9.84 Å². The summed E-state index contributed by atoms with van der Waals surface area (Å²) in [7, 11) is 0. The van der Waals surface area contributed by atoms with Crippen LogP contribution in [0.2, 0.25) is 0 Å². The van der Waals surface area contributed by atoms with Crippen LogP contribution < -0.4 is 5.32 Å². The summed E-state index contributed by atoms with van der Waals surface area (Å²) < 4.78 is 5.38. The maximum Gasteiger partial charge on any atom is 0.268 e. The van der Waals surface area contributed by atoms with Gasteiger partial charge in [0.15, 0.2) is 5.82 Å². The van der Waals surface area contributed by atoms with Crippen LogP contribution in [0.15, 0.2) is 16.7 Å². The maximum absolute atomic E-state index is 5.38. The molecule has 0 bridgehead atoms. The number of rotatable bonds is 3. The van der Waals surface area contributed by atoms with Gasteiger partial charge >= 0.3 is 0 Å². The van der Waals surface area contributed by atoms with Crippen LogP contribution in [0.3, 0.4) is 0 Å². The van der Waals surface area contributed by atoms with Gasteiger partial charge in [0.2, 0.25) is 0 Å². The average molecular weight is 263 g/mol. The second-order valence-electron chi connectivity index (χ2n) is 4.62. The Balaban J connectivity index is 1.79. The molecular formula is C13H17N3OS. The lowest BCUT2D eigenvalue weighted by Gasteiger charge is -2.19. The Morgan fingerprint density at radius 3 is 3.17 bits per heavy atom. The lowest BCUT2D eigenvalue weighted by atomic mass is 9.99. The highest BCUT2D eigenvalue weighted by Crippen LogP contribution is 2.29. The zero-order chi connectivity index (χ0) is 12.4. The summed E-state index contributed by atoms with van der Waals surface area (Å²) in [5, 5.41) is 7.51. The number of hydrogen-bond donors (Lipinski definition) is 1. The molecule has 0 amide bonds. The Labute approximate surface area is 110 Å². The van der Waals surface area contributed by atoms with Crippen molar-refractivity contribution in [3.63, 3.8) is 0 Å². The van der Waals surface area contributed by atoms with E-state index in [0.717, 1.165) is 36.6 Å². The maximum atomic E-state index is 5.38. The zero-order valence-electron chi connectivity index (χ0n) is 10.5. The predicted octanol–water partition coefficient (Wildman–Crippen LogP) is 2.83. The van der Waals surface area contributed by atoms with Crippen LogP contribution in [0.25, 0.3) is 10.8 Å². The van der Waals surface area contributed by atoms with Gasteiger partial charge in [0.25, 0.3) is 5.89 Å². The molecule has 0 aromatic carbocycles. The molecule has 3 rings (SSSR count). The molecular weight excluding hydrogens is 246 g/mol. The molecule has 4 nitrogen and oxygen atoms in total. The smallest absolute Gasteiger partial charge is 0.268 e. The molecule has 2 aromatic rings. The first-order chi connectivity index (χ1) is 8.86. The normalized spacial score (nSPS) is 20.2. The molecule has 1 atom stereocenters. The van der Waals surface area contributed by atoms with Crippen molar-refractivity contribution in [3.8, 4) is 10.8 Å². The van der Waals surface area contributed by atoms with Crippen molar-refractivity contribution in [2.45, 2.75) is 32.1 Å². The van der Waals surface area contributed by atoms with Crippen LogP contribution in [0.1, 0.15) is 36.4 Å². The molecule has 0 saturated carbocycles. The van der Waals surface area contributed by atoms with E-state index in [1.54, 1.807) is 11.3 Å². The fourth-order valence-corrected chi connectivity index (χ4v) is 3.13. The van der Waals surface area contributed by atoms with Gasteiger partial charge in [-0.25, -0.2) is 0 Å². The number of piperidine rings is 1. The zero-order valence-corrected chi connectivity index (χ0v) is 11.3. The van der Waals surface area contributed by atoms with Gasteiger partial charge in [0.05, 0.1) is 4.88 Å². The molecule has 1 saturated heterocycles. The molecule has 3 heterocycles. The minimum Gasteiger partial charge on any atom is -0.333 e. The summed E-state index contributed by atoms with van der Waals surface area (Å²) in [5.74, 6) is 1.92. The molecule has 0 aliphatic carbocycles. The largest absolute Gasteiger partial charge is 0.333 e. The molecule has 1 unspecified atom stereocenters. The van der Waals surface area contributed by atoms with E-state index in [1.807, 2.05) is 0 Å². The van der Waals surface area contributed by atoms with Crippen molar-refractivity contribution in [2.75, 3.05) is 13.1 Å². The first kappa shape index (κ1) is 11.9. The summed E-state index contributed by atoms with van der Waals surface area (Å²) in [6.07, 6.45) is 3.39. The van der Waals surface area contributed by atoms with Crippen molar-refractivity contribution in [2.24, 2.45) is 0 Å². The van der Waals surface area contributed by atoms with E-state index < -0.39 is 0 Å². The summed E-state index contributed by atoms with van der Waals surface area (Å²) in [6, 6.07) is 4.20. The molecule has 18 heavy (non-hydrogen) atoms. The minimum absolute atomic E-state index is 0.404. The summed E-state index contributed by atoms with van der Waals surface area (Å²) in [5.41, 5.74) is 0. The van der Waals surface area contributed by atoms with Crippen molar-refractivity contribution in [3.05, 3.63) is 22.8 Å². The van der Waals surface area contributed by atoms with Gasteiger partial charge in [-0.2, -0.15) is 4.98 Å². The van der Waals surface area contributed by atoms with E-state index in [9.17, 15) is 0 Å². The monoisotopic (exact) mass is 263 g/mol. The van der Waals surface area contributed by atoms with Crippen LogP contribution >= 0.6 is 11.3 Å². The number of nitrogens with zero attached hydrogens (tertiary/aromatic N) is 2. The molecule has 0 spiro atoms. The molecule has 1 fully saturated rings. The summed E-state index contributed by atoms with van der Waals surface area (Å²) in [6.45, 7) is 4.22. The highest BCUT2D eigenvalue weighted by Gasteiger charge is 2.21. The quantitative estimate of drug-likeness (QED) is 0.925. The lowest BCUT2D eigenvalue weighted by Crippen LogP contribution is -2.28. The van der Waals surface area contributed by atoms with E-state index in [0.29, 0.717) is 11.8 Å². The Kier molecular flexibility index (Phi) is 3.43. The van der Waals surface area contributed by atoms with E-state index in [4.69, 9.17) is 4.52 Å². The predicted molar refractivity (Wildman–Crippen MR) is 71.8 cm³/mol. The number of nitrogens with one attached hydrogen (secondary N) is 1. The molecule has 1 N–H and O–H groups in total. The van der Waals surface area contributed by atoms with Crippen LogP contribution in [0.5, 0.6) is 0 Å². The number of aromatic nitrogens is 2. The fraction of sp³-hybridized carbons (Fsp3) is 0.538. The first-order valence-corrected chi connectivity index (χ1v) is 7.32. The summed E-state index contributed by atoms with van der Waals surface area (Å²) >= 11 is 1.73. The van der Waals surface area contributed by atoms with Crippen molar-refractivity contribution < 1.29 is 4.52 Å². The van der Waals surface area contributed by atoms with Crippen LogP contribution in [0, 0.1) is 0 Å². The Bertz CT molecular complexity index is 514. The number of hydrogen-bond acceptors (Lipinski definition) is 5. The molecule has 96 valence electrons. The van der Waals surface area contributed by atoms with Crippen molar-refractivity contribution in [1.29, 1.82) is 0 Å². The molecule has 1 aliphatic rings. The van der Waals surface area contributed by atoms with E-state index >= 15 is 0 Å². The van der Waals surface area contributed by atoms with Gasteiger partial charge in [-0.15, -0.1) is 11.3 Å². The van der Waals surface area contributed by atoms with Crippen LogP contribution in [-0.2, 0) is 6.42 Å². The van der Waals surface area contributed by atoms with Gasteiger partial charge in [0, 0.05) is 17.3 Å². The minimum atomic E-state index is 0.404. The third-order valence-electron chi connectivity index (χ3n) is 3.32. The lowest BCUT2D eigenvalue weighted by molar-refractivity contribution is 0.393. The van der Waals surface area contributed by atoms with Gasteiger partial charge in [-0.3, -0.25) is 0 Å².